The van der Waals surface area contributed by atoms with Crippen LogP contribution in [0.1, 0.15) is 36.0 Å². The predicted octanol–water partition coefficient (Wildman–Crippen LogP) is 2.47. The Bertz CT molecular complexity index is 632. The first-order valence-electron chi connectivity index (χ1n) is 8.33. The fourth-order valence-corrected chi connectivity index (χ4v) is 3.74. The minimum Gasteiger partial charge on any atom is -0.350 e. The van der Waals surface area contributed by atoms with Crippen LogP contribution in [-0.4, -0.2) is 48.4 Å². The fraction of sp³-hybridized carbons (Fsp3) is 0.529. The molecular weight excluding hydrogens is 349 g/mol. The van der Waals surface area contributed by atoms with Gasteiger partial charge < -0.3 is 15.5 Å². The minimum absolute atomic E-state index is 0.0762. The number of amides is 2. The van der Waals surface area contributed by atoms with Crippen LogP contribution in [0.2, 0.25) is 10.0 Å². The number of nitrogens with one attached hydrogen (secondary N) is 2. The fourth-order valence-electron chi connectivity index (χ4n) is 3.37. The molecule has 2 heterocycles. The monoisotopic (exact) mass is 369 g/mol. The average Bonchev–Trinajstić information content (AvgIpc) is 3.07. The van der Waals surface area contributed by atoms with Crippen molar-refractivity contribution >= 4 is 35.0 Å². The third kappa shape index (κ3) is 3.85. The number of carbonyl (C=O) groups excluding carboxylic acids is 2. The Labute approximate surface area is 151 Å². The van der Waals surface area contributed by atoms with Crippen LogP contribution in [0, 0.1) is 0 Å². The summed E-state index contributed by atoms with van der Waals surface area (Å²) in [5.41, 5.74) is 0.350. The van der Waals surface area contributed by atoms with Crippen LogP contribution in [0.4, 0.5) is 0 Å². The molecule has 24 heavy (non-hydrogen) atoms. The Balaban J connectivity index is 1.71. The number of halogens is 2. The van der Waals surface area contributed by atoms with Gasteiger partial charge in [-0.05, 0) is 50.4 Å². The SMILES string of the molecule is O=C(N[C@H]1CCCNC1)C1CCCN1C(=O)c1cc(Cl)ccc1Cl. The number of rotatable bonds is 3. The van der Waals surface area contributed by atoms with Crippen molar-refractivity contribution in [2.24, 2.45) is 0 Å². The Morgan fingerprint density at radius 2 is 2.04 bits per heavy atom. The summed E-state index contributed by atoms with van der Waals surface area (Å²) in [4.78, 5) is 27.1. The molecule has 2 N–H and O–H groups in total. The maximum atomic E-state index is 12.8. The van der Waals surface area contributed by atoms with E-state index in [1.54, 1.807) is 23.1 Å². The Morgan fingerprint density at radius 3 is 2.79 bits per heavy atom. The van der Waals surface area contributed by atoms with E-state index in [1.807, 2.05) is 0 Å². The largest absolute Gasteiger partial charge is 0.350 e. The van der Waals surface area contributed by atoms with Crippen LogP contribution in [0.25, 0.3) is 0 Å². The van der Waals surface area contributed by atoms with Crippen molar-refractivity contribution in [1.29, 1.82) is 0 Å². The van der Waals surface area contributed by atoms with Gasteiger partial charge in [-0.15, -0.1) is 0 Å². The molecule has 1 aromatic carbocycles. The molecule has 7 heteroatoms. The van der Waals surface area contributed by atoms with Gasteiger partial charge in [-0.1, -0.05) is 23.2 Å². The molecule has 2 aliphatic heterocycles. The van der Waals surface area contributed by atoms with Gasteiger partial charge in [0.25, 0.3) is 5.91 Å². The predicted molar refractivity (Wildman–Crippen MR) is 94.6 cm³/mol. The molecular formula is C17H21Cl2N3O2. The van der Waals surface area contributed by atoms with Gasteiger partial charge in [0.15, 0.2) is 0 Å². The molecule has 2 amide bonds. The van der Waals surface area contributed by atoms with Gasteiger partial charge in [-0.25, -0.2) is 0 Å². The lowest BCUT2D eigenvalue weighted by Gasteiger charge is -2.29. The van der Waals surface area contributed by atoms with Crippen molar-refractivity contribution in [3.05, 3.63) is 33.8 Å². The second kappa shape index (κ2) is 7.72. The summed E-state index contributed by atoms with van der Waals surface area (Å²) in [7, 11) is 0. The van der Waals surface area contributed by atoms with Gasteiger partial charge in [0.05, 0.1) is 10.6 Å². The number of hydrogen-bond donors (Lipinski definition) is 2. The van der Waals surface area contributed by atoms with Crippen LogP contribution in [0.3, 0.4) is 0 Å². The first-order chi connectivity index (χ1) is 11.6. The maximum absolute atomic E-state index is 12.8. The van der Waals surface area contributed by atoms with Crippen molar-refractivity contribution in [2.45, 2.75) is 37.8 Å². The first kappa shape index (κ1) is 17.5. The summed E-state index contributed by atoms with van der Waals surface area (Å²) in [6, 6.07) is 4.51. The lowest BCUT2D eigenvalue weighted by molar-refractivity contribution is -0.125. The van der Waals surface area contributed by atoms with Crippen LogP contribution in [-0.2, 0) is 4.79 Å². The van der Waals surface area contributed by atoms with Gasteiger partial charge in [-0.3, -0.25) is 9.59 Å². The van der Waals surface area contributed by atoms with Crippen molar-refractivity contribution < 1.29 is 9.59 Å². The Kier molecular flexibility index (Phi) is 5.64. The van der Waals surface area contributed by atoms with Crippen molar-refractivity contribution in [2.75, 3.05) is 19.6 Å². The standard InChI is InChI=1S/C17H21Cl2N3O2/c18-11-5-6-14(19)13(9-11)17(24)22-8-2-4-15(22)16(23)21-12-3-1-7-20-10-12/h5-6,9,12,15,20H,1-4,7-8,10H2,(H,21,23)/t12-,15?/m0/s1. The summed E-state index contributed by atoms with van der Waals surface area (Å²) in [5, 5.41) is 7.15. The summed E-state index contributed by atoms with van der Waals surface area (Å²) in [6.45, 7) is 2.34. The highest BCUT2D eigenvalue weighted by molar-refractivity contribution is 6.35. The molecule has 1 unspecified atom stereocenters. The summed E-state index contributed by atoms with van der Waals surface area (Å²) >= 11 is 12.1. The van der Waals surface area contributed by atoms with E-state index in [1.165, 1.54) is 0 Å². The summed E-state index contributed by atoms with van der Waals surface area (Å²) in [6.07, 6.45) is 3.51. The molecule has 3 rings (SSSR count). The van der Waals surface area contributed by atoms with E-state index in [9.17, 15) is 9.59 Å². The summed E-state index contributed by atoms with van der Waals surface area (Å²) < 4.78 is 0. The van der Waals surface area contributed by atoms with Crippen LogP contribution in [0.15, 0.2) is 18.2 Å². The van der Waals surface area contributed by atoms with Crippen LogP contribution < -0.4 is 10.6 Å². The molecule has 5 nitrogen and oxygen atoms in total. The average molecular weight is 370 g/mol. The molecule has 2 saturated heterocycles. The number of hydrogen-bond acceptors (Lipinski definition) is 3. The van der Waals surface area contributed by atoms with E-state index in [2.05, 4.69) is 10.6 Å². The molecule has 2 fully saturated rings. The second-order valence-electron chi connectivity index (χ2n) is 6.33. The third-order valence-electron chi connectivity index (χ3n) is 4.62. The lowest BCUT2D eigenvalue weighted by Crippen LogP contribution is -2.52. The lowest BCUT2D eigenvalue weighted by atomic mass is 10.1. The van der Waals surface area contributed by atoms with Crippen molar-refractivity contribution in [1.82, 2.24) is 15.5 Å². The Morgan fingerprint density at radius 1 is 1.21 bits per heavy atom. The number of piperidine rings is 1. The molecule has 0 radical (unpaired) electrons. The van der Waals surface area contributed by atoms with E-state index < -0.39 is 6.04 Å². The van der Waals surface area contributed by atoms with Gasteiger partial charge in [0.2, 0.25) is 5.91 Å². The van der Waals surface area contributed by atoms with E-state index in [4.69, 9.17) is 23.2 Å². The first-order valence-corrected chi connectivity index (χ1v) is 9.09. The zero-order valence-corrected chi connectivity index (χ0v) is 14.9. The van der Waals surface area contributed by atoms with Gasteiger partial charge in [-0.2, -0.15) is 0 Å². The molecule has 130 valence electrons. The highest BCUT2D eigenvalue weighted by atomic mass is 35.5. The number of benzene rings is 1. The molecule has 2 aliphatic rings. The zero-order valence-electron chi connectivity index (χ0n) is 13.4. The number of nitrogens with zero attached hydrogens (tertiary/aromatic N) is 1. The zero-order chi connectivity index (χ0) is 17.1. The molecule has 0 saturated carbocycles. The van der Waals surface area contributed by atoms with E-state index in [-0.39, 0.29) is 17.9 Å². The molecule has 0 aromatic heterocycles. The van der Waals surface area contributed by atoms with Crippen molar-refractivity contribution in [3.63, 3.8) is 0 Å². The quantitative estimate of drug-likeness (QED) is 0.860. The Hall–Kier alpha value is -1.30. The van der Waals surface area contributed by atoms with Crippen LogP contribution in [0.5, 0.6) is 0 Å². The van der Waals surface area contributed by atoms with Crippen molar-refractivity contribution in [3.8, 4) is 0 Å². The molecule has 1 aromatic rings. The van der Waals surface area contributed by atoms with Gasteiger partial charge in [0.1, 0.15) is 6.04 Å². The van der Waals surface area contributed by atoms with Gasteiger partial charge in [0, 0.05) is 24.2 Å². The highest BCUT2D eigenvalue weighted by Crippen LogP contribution is 2.26. The summed E-state index contributed by atoms with van der Waals surface area (Å²) in [5.74, 6) is -0.311. The maximum Gasteiger partial charge on any atom is 0.256 e. The number of likely N-dealkylation sites (tertiary alicyclic amines) is 1. The normalized spacial score (nSPS) is 24.0. The molecule has 0 bridgehead atoms. The topological polar surface area (TPSA) is 61.4 Å². The number of carbonyl (C=O) groups is 2. The highest BCUT2D eigenvalue weighted by Gasteiger charge is 2.36. The molecule has 2 atom stereocenters. The molecule has 0 spiro atoms. The minimum atomic E-state index is -0.436. The second-order valence-corrected chi connectivity index (χ2v) is 7.18. The van der Waals surface area contributed by atoms with Gasteiger partial charge >= 0.3 is 0 Å². The van der Waals surface area contributed by atoms with E-state index in [0.717, 1.165) is 32.4 Å². The van der Waals surface area contributed by atoms with E-state index >= 15 is 0 Å². The molecule has 0 aliphatic carbocycles. The third-order valence-corrected chi connectivity index (χ3v) is 5.18. The smallest absolute Gasteiger partial charge is 0.256 e. The van der Waals surface area contributed by atoms with Crippen LogP contribution >= 0.6 is 23.2 Å². The van der Waals surface area contributed by atoms with E-state index in [0.29, 0.717) is 28.6 Å².